The van der Waals surface area contributed by atoms with Gasteiger partial charge in [0.1, 0.15) is 22.9 Å². The van der Waals surface area contributed by atoms with Gasteiger partial charge >= 0.3 is 0 Å². The number of pyridine rings is 1. The number of likely N-dealkylation sites (N-methyl/N-ethyl adjacent to an activating group) is 1. The first-order valence-electron chi connectivity index (χ1n) is 12.6. The predicted molar refractivity (Wildman–Crippen MR) is 147 cm³/mol. The summed E-state index contributed by atoms with van der Waals surface area (Å²) >= 11 is 0. The Morgan fingerprint density at radius 3 is 2.79 bits per heavy atom. The fourth-order valence-electron chi connectivity index (χ4n) is 4.26. The van der Waals surface area contributed by atoms with Gasteiger partial charge in [-0.3, -0.25) is 4.79 Å². The highest BCUT2D eigenvalue weighted by Crippen LogP contribution is 2.33. The molecule has 2 bridgehead atoms. The Balaban J connectivity index is 1.41. The number of ether oxygens (including phenoxy) is 2. The van der Waals surface area contributed by atoms with E-state index in [-0.39, 0.29) is 5.91 Å². The van der Waals surface area contributed by atoms with Crippen LogP contribution in [0.5, 0.6) is 11.6 Å². The number of hydrogen-bond acceptors (Lipinski definition) is 10. The first-order valence-corrected chi connectivity index (χ1v) is 12.6. The molecule has 1 amide bonds. The second-order valence-electron chi connectivity index (χ2n) is 9.06. The zero-order valence-corrected chi connectivity index (χ0v) is 21.6. The summed E-state index contributed by atoms with van der Waals surface area (Å²) in [7, 11) is 3.80. The molecule has 2 aliphatic rings. The quantitative estimate of drug-likeness (QED) is 0.447. The average Bonchev–Trinajstić information content (AvgIpc) is 2.93. The third-order valence-electron chi connectivity index (χ3n) is 6.36. The molecule has 0 aliphatic carbocycles. The van der Waals surface area contributed by atoms with Crippen molar-refractivity contribution in [3.63, 3.8) is 0 Å². The molecular weight excluding hydrogens is 484 g/mol. The van der Waals surface area contributed by atoms with Crippen LogP contribution in [-0.4, -0.2) is 79.2 Å². The van der Waals surface area contributed by atoms with Gasteiger partial charge in [-0.1, -0.05) is 18.2 Å². The number of amides is 1. The first-order chi connectivity index (χ1) is 18.6. The van der Waals surface area contributed by atoms with E-state index in [2.05, 4.69) is 47.7 Å². The molecule has 198 valence electrons. The molecule has 1 aromatic carbocycles. The first kappa shape index (κ1) is 25.3. The molecule has 11 heteroatoms. The number of carbonyl (C=O) groups is 1. The molecule has 0 unspecified atom stereocenters. The van der Waals surface area contributed by atoms with E-state index in [1.54, 1.807) is 19.2 Å². The van der Waals surface area contributed by atoms with Gasteiger partial charge in [0.2, 0.25) is 11.8 Å². The molecule has 0 atom stereocenters. The van der Waals surface area contributed by atoms with Crippen LogP contribution >= 0.6 is 0 Å². The minimum absolute atomic E-state index is 0.286. The second kappa shape index (κ2) is 11.8. The van der Waals surface area contributed by atoms with E-state index in [4.69, 9.17) is 9.47 Å². The summed E-state index contributed by atoms with van der Waals surface area (Å²) in [6.45, 7) is 4.78. The second-order valence-corrected chi connectivity index (χ2v) is 9.06. The zero-order chi connectivity index (χ0) is 26.3. The van der Waals surface area contributed by atoms with Crippen LogP contribution in [-0.2, 0) is 0 Å². The lowest BCUT2D eigenvalue weighted by molar-refractivity contribution is 0.0958. The Bertz CT molecular complexity index is 1310. The standard InChI is InChI=1S/C27H32N8O3/c1-34-12-14-35(15-13-34)21-10-9-19(17-22(21)37-2)30-27-29-18-20-25(33-27)32-23-7-6-8-24(31-23)38-16-5-3-4-11-28-26(20)36/h3-4,6-10,17-18H,5,11-16H2,1-2H3,(H,28,36)(H2,29,30,31,32,33)/b4-3-. The number of nitrogens with one attached hydrogen (secondary N) is 3. The summed E-state index contributed by atoms with van der Waals surface area (Å²) < 4.78 is 11.4. The van der Waals surface area contributed by atoms with Crippen LogP contribution in [0.3, 0.4) is 0 Å². The normalized spacial score (nSPS) is 17.2. The highest BCUT2D eigenvalue weighted by atomic mass is 16.5. The summed E-state index contributed by atoms with van der Waals surface area (Å²) in [5, 5.41) is 9.26. The van der Waals surface area contributed by atoms with Crippen LogP contribution in [0.4, 0.5) is 29.0 Å². The fourth-order valence-corrected chi connectivity index (χ4v) is 4.26. The molecule has 2 aliphatic heterocycles. The molecule has 1 saturated heterocycles. The minimum atomic E-state index is -0.286. The van der Waals surface area contributed by atoms with E-state index >= 15 is 0 Å². The molecule has 3 aromatic rings. The predicted octanol–water partition coefficient (Wildman–Crippen LogP) is 3.19. The van der Waals surface area contributed by atoms with Crippen molar-refractivity contribution in [2.45, 2.75) is 6.42 Å². The number of fused-ring (bicyclic) bond motifs is 3. The number of benzene rings is 1. The van der Waals surface area contributed by atoms with E-state index in [1.165, 1.54) is 6.20 Å². The third kappa shape index (κ3) is 6.12. The SMILES string of the molecule is COc1cc(Nc2ncc3c(n2)Nc2cccc(n2)OCC/C=C\CNC3=O)ccc1N1CCN(C)CC1. The monoisotopic (exact) mass is 516 g/mol. The van der Waals surface area contributed by atoms with Crippen molar-refractivity contribution in [3.05, 3.63) is 60.3 Å². The van der Waals surface area contributed by atoms with Crippen molar-refractivity contribution < 1.29 is 14.3 Å². The van der Waals surface area contributed by atoms with Crippen molar-refractivity contribution in [3.8, 4) is 11.6 Å². The zero-order valence-electron chi connectivity index (χ0n) is 21.6. The summed E-state index contributed by atoms with van der Waals surface area (Å²) in [5.74, 6) is 2.13. The molecule has 1 fully saturated rings. The Morgan fingerprint density at radius 2 is 1.95 bits per heavy atom. The van der Waals surface area contributed by atoms with Crippen LogP contribution < -0.4 is 30.3 Å². The molecule has 5 rings (SSSR count). The highest BCUT2D eigenvalue weighted by molar-refractivity contribution is 5.99. The van der Waals surface area contributed by atoms with Gasteiger partial charge < -0.3 is 35.2 Å². The van der Waals surface area contributed by atoms with Gasteiger partial charge in [-0.05, 0) is 31.7 Å². The molecule has 0 spiro atoms. The third-order valence-corrected chi connectivity index (χ3v) is 6.36. The Kier molecular flexibility index (Phi) is 7.84. The van der Waals surface area contributed by atoms with E-state index in [9.17, 15) is 4.79 Å². The topological polar surface area (TPSA) is 117 Å². The van der Waals surface area contributed by atoms with Crippen LogP contribution in [0, 0.1) is 0 Å². The molecule has 0 radical (unpaired) electrons. The van der Waals surface area contributed by atoms with Crippen molar-refractivity contribution >= 4 is 34.9 Å². The van der Waals surface area contributed by atoms with E-state index in [0.717, 1.165) is 43.3 Å². The van der Waals surface area contributed by atoms with Gasteiger partial charge in [-0.25, -0.2) is 4.98 Å². The van der Waals surface area contributed by atoms with Gasteiger partial charge in [0, 0.05) is 56.7 Å². The number of methoxy groups -OCH3 is 1. The summed E-state index contributed by atoms with van der Waals surface area (Å²) in [6.07, 6.45) is 6.06. The maximum Gasteiger partial charge on any atom is 0.256 e. The molecular formula is C27H32N8O3. The number of anilines is 5. The molecule has 11 nitrogen and oxygen atoms in total. The largest absolute Gasteiger partial charge is 0.495 e. The lowest BCUT2D eigenvalue weighted by atomic mass is 10.2. The Morgan fingerprint density at radius 1 is 1.08 bits per heavy atom. The lowest BCUT2D eigenvalue weighted by Gasteiger charge is -2.34. The maximum absolute atomic E-state index is 12.9. The average molecular weight is 517 g/mol. The molecule has 0 saturated carbocycles. The molecule has 38 heavy (non-hydrogen) atoms. The fraction of sp³-hybridized carbons (Fsp3) is 0.333. The number of carbonyl (C=O) groups excluding carboxylic acids is 1. The van der Waals surface area contributed by atoms with Crippen LogP contribution in [0.15, 0.2) is 54.7 Å². The van der Waals surface area contributed by atoms with Gasteiger partial charge in [-0.2, -0.15) is 9.97 Å². The Hall–Kier alpha value is -4.38. The van der Waals surface area contributed by atoms with E-state index in [1.807, 2.05) is 36.4 Å². The number of piperazine rings is 1. The summed E-state index contributed by atoms with van der Waals surface area (Å²) in [5.41, 5.74) is 2.12. The number of hydrogen-bond donors (Lipinski definition) is 3. The van der Waals surface area contributed by atoms with E-state index in [0.29, 0.717) is 48.6 Å². The smallest absolute Gasteiger partial charge is 0.256 e. The van der Waals surface area contributed by atoms with Gasteiger partial charge in [0.25, 0.3) is 5.91 Å². The summed E-state index contributed by atoms with van der Waals surface area (Å²) in [6, 6.07) is 11.4. The van der Waals surface area contributed by atoms with Crippen molar-refractivity contribution in [1.29, 1.82) is 0 Å². The van der Waals surface area contributed by atoms with Crippen LogP contribution in [0.2, 0.25) is 0 Å². The molecule has 3 N–H and O–H groups in total. The molecule has 2 aromatic heterocycles. The van der Waals surface area contributed by atoms with Crippen LogP contribution in [0.25, 0.3) is 0 Å². The Labute approximate surface area is 221 Å². The van der Waals surface area contributed by atoms with E-state index < -0.39 is 0 Å². The van der Waals surface area contributed by atoms with Gasteiger partial charge in [0.05, 0.1) is 19.4 Å². The van der Waals surface area contributed by atoms with Gasteiger partial charge in [0.15, 0.2) is 0 Å². The van der Waals surface area contributed by atoms with Gasteiger partial charge in [-0.15, -0.1) is 0 Å². The summed E-state index contributed by atoms with van der Waals surface area (Å²) in [4.78, 5) is 31.0. The minimum Gasteiger partial charge on any atom is -0.495 e. The van der Waals surface area contributed by atoms with Crippen LogP contribution in [0.1, 0.15) is 16.8 Å². The highest BCUT2D eigenvalue weighted by Gasteiger charge is 2.19. The number of nitrogens with zero attached hydrogens (tertiary/aromatic N) is 5. The van der Waals surface area contributed by atoms with Crippen molar-refractivity contribution in [2.75, 3.05) is 69.0 Å². The van der Waals surface area contributed by atoms with Crippen molar-refractivity contribution in [1.82, 2.24) is 25.2 Å². The lowest BCUT2D eigenvalue weighted by Crippen LogP contribution is -2.44. The molecule has 4 heterocycles. The number of aromatic nitrogens is 3. The van der Waals surface area contributed by atoms with Crippen molar-refractivity contribution in [2.24, 2.45) is 0 Å². The number of rotatable bonds is 4. The maximum atomic E-state index is 12.9.